The minimum Gasteiger partial charge on any atom is -0.306 e. The summed E-state index contributed by atoms with van der Waals surface area (Å²) in [6, 6.07) is 1.54. The van der Waals surface area contributed by atoms with E-state index in [1.807, 2.05) is 0 Å². The van der Waals surface area contributed by atoms with Gasteiger partial charge in [-0.15, -0.1) is 0 Å². The van der Waals surface area contributed by atoms with E-state index < -0.39 is 27.5 Å². The summed E-state index contributed by atoms with van der Waals surface area (Å²) in [5.74, 6) is -1.90. The standard InChI is InChI=1S/C11H11F2NO2S/c12-6-3-8-10(14-7-1-2-7)5-17(15,16)11(8)9(13)4-6/h3-4,7,10,14H,1-2,5H2. The molecule has 0 radical (unpaired) electrons. The molecule has 1 heterocycles. The van der Waals surface area contributed by atoms with Crippen LogP contribution in [0.5, 0.6) is 0 Å². The van der Waals surface area contributed by atoms with E-state index in [1.54, 1.807) is 0 Å². The summed E-state index contributed by atoms with van der Waals surface area (Å²) in [5, 5.41) is 3.11. The van der Waals surface area contributed by atoms with Crippen LogP contribution in [-0.2, 0) is 9.84 Å². The van der Waals surface area contributed by atoms with Crippen LogP contribution in [0.4, 0.5) is 8.78 Å². The lowest BCUT2D eigenvalue weighted by Gasteiger charge is -2.11. The third-order valence-corrected chi connectivity index (χ3v) is 4.95. The molecule has 1 unspecified atom stereocenters. The van der Waals surface area contributed by atoms with E-state index in [9.17, 15) is 17.2 Å². The van der Waals surface area contributed by atoms with Crippen molar-refractivity contribution < 1.29 is 17.2 Å². The van der Waals surface area contributed by atoms with Crippen molar-refractivity contribution in [2.75, 3.05) is 5.75 Å². The molecular formula is C11H11F2NO2S. The van der Waals surface area contributed by atoms with Gasteiger partial charge in [0.25, 0.3) is 0 Å². The van der Waals surface area contributed by atoms with Crippen LogP contribution in [0.25, 0.3) is 0 Å². The number of hydrogen-bond acceptors (Lipinski definition) is 3. The predicted octanol–water partition coefficient (Wildman–Crippen LogP) is 1.55. The molecule has 3 rings (SSSR count). The minimum atomic E-state index is -3.62. The lowest BCUT2D eigenvalue weighted by Crippen LogP contribution is -2.24. The Kier molecular flexibility index (Phi) is 2.28. The van der Waals surface area contributed by atoms with Crippen LogP contribution in [0.2, 0.25) is 0 Å². The van der Waals surface area contributed by atoms with Gasteiger partial charge in [-0.2, -0.15) is 0 Å². The Morgan fingerprint density at radius 1 is 1.24 bits per heavy atom. The fourth-order valence-electron chi connectivity index (χ4n) is 2.23. The number of hydrogen-bond donors (Lipinski definition) is 1. The largest absolute Gasteiger partial charge is 0.306 e. The molecule has 0 aromatic heterocycles. The molecule has 6 heteroatoms. The second-order valence-electron chi connectivity index (χ2n) is 4.58. The van der Waals surface area contributed by atoms with Gasteiger partial charge in [0.05, 0.1) is 5.75 Å². The highest BCUT2D eigenvalue weighted by Gasteiger charge is 2.40. The number of nitrogens with one attached hydrogen (secondary N) is 1. The summed E-state index contributed by atoms with van der Waals surface area (Å²) in [5.41, 5.74) is 0.231. The fourth-order valence-corrected chi connectivity index (χ4v) is 4.03. The van der Waals surface area contributed by atoms with Crippen molar-refractivity contribution in [3.63, 3.8) is 0 Å². The molecule has 92 valence electrons. The Labute approximate surface area is 97.8 Å². The summed E-state index contributed by atoms with van der Waals surface area (Å²) in [6.45, 7) is 0. The van der Waals surface area contributed by atoms with Gasteiger partial charge in [0.15, 0.2) is 9.84 Å². The molecule has 1 aromatic carbocycles. The Balaban J connectivity index is 2.11. The summed E-state index contributed by atoms with van der Waals surface area (Å²) in [4.78, 5) is -0.336. The van der Waals surface area contributed by atoms with Crippen molar-refractivity contribution in [2.45, 2.75) is 29.8 Å². The van der Waals surface area contributed by atoms with Gasteiger partial charge in [-0.1, -0.05) is 0 Å². The molecule has 0 bridgehead atoms. The molecule has 0 saturated heterocycles. The molecule has 1 aromatic rings. The molecule has 0 spiro atoms. The maximum absolute atomic E-state index is 13.5. The average molecular weight is 259 g/mol. The van der Waals surface area contributed by atoms with Crippen LogP contribution in [-0.4, -0.2) is 20.2 Å². The van der Waals surface area contributed by atoms with Crippen molar-refractivity contribution >= 4 is 9.84 Å². The van der Waals surface area contributed by atoms with Gasteiger partial charge in [-0.25, -0.2) is 17.2 Å². The van der Waals surface area contributed by atoms with Crippen LogP contribution in [0.3, 0.4) is 0 Å². The van der Waals surface area contributed by atoms with Gasteiger partial charge in [0, 0.05) is 18.2 Å². The lowest BCUT2D eigenvalue weighted by atomic mass is 10.1. The van der Waals surface area contributed by atoms with Crippen molar-refractivity contribution in [3.05, 3.63) is 29.3 Å². The third-order valence-electron chi connectivity index (χ3n) is 3.12. The van der Waals surface area contributed by atoms with Crippen molar-refractivity contribution in [1.82, 2.24) is 5.32 Å². The Morgan fingerprint density at radius 2 is 1.94 bits per heavy atom. The van der Waals surface area contributed by atoms with Crippen LogP contribution >= 0.6 is 0 Å². The van der Waals surface area contributed by atoms with Gasteiger partial charge < -0.3 is 5.32 Å². The zero-order valence-corrected chi connectivity index (χ0v) is 9.73. The molecule has 1 aliphatic carbocycles. The second kappa shape index (κ2) is 3.49. The van der Waals surface area contributed by atoms with E-state index in [4.69, 9.17) is 0 Å². The first-order chi connectivity index (χ1) is 7.97. The van der Waals surface area contributed by atoms with Crippen molar-refractivity contribution in [1.29, 1.82) is 0 Å². The molecule has 1 atom stereocenters. The van der Waals surface area contributed by atoms with E-state index in [1.165, 1.54) is 0 Å². The molecular weight excluding hydrogens is 248 g/mol. The highest BCUT2D eigenvalue weighted by atomic mass is 32.2. The van der Waals surface area contributed by atoms with Crippen LogP contribution in [0, 0.1) is 11.6 Å². The maximum Gasteiger partial charge on any atom is 0.183 e. The van der Waals surface area contributed by atoms with Crippen LogP contribution in [0.1, 0.15) is 24.4 Å². The Hall–Kier alpha value is -1.01. The molecule has 17 heavy (non-hydrogen) atoms. The smallest absolute Gasteiger partial charge is 0.183 e. The number of sulfone groups is 1. The number of halogens is 2. The van der Waals surface area contributed by atoms with Gasteiger partial charge in [-0.3, -0.25) is 0 Å². The SMILES string of the molecule is O=S1(=O)CC(NC2CC2)c2cc(F)cc(F)c21. The number of benzene rings is 1. The summed E-state index contributed by atoms with van der Waals surface area (Å²) >= 11 is 0. The minimum absolute atomic E-state index is 0.181. The first-order valence-electron chi connectivity index (χ1n) is 5.45. The number of fused-ring (bicyclic) bond motifs is 1. The zero-order valence-electron chi connectivity index (χ0n) is 8.91. The second-order valence-corrected chi connectivity index (χ2v) is 6.55. The van der Waals surface area contributed by atoms with Crippen molar-refractivity contribution in [3.8, 4) is 0 Å². The molecule has 1 N–H and O–H groups in total. The normalized spacial score (nSPS) is 25.9. The highest BCUT2D eigenvalue weighted by molar-refractivity contribution is 7.91. The maximum atomic E-state index is 13.5. The Morgan fingerprint density at radius 3 is 2.59 bits per heavy atom. The van der Waals surface area contributed by atoms with E-state index >= 15 is 0 Å². The van der Waals surface area contributed by atoms with E-state index in [0.29, 0.717) is 6.07 Å². The monoisotopic (exact) mass is 259 g/mol. The molecule has 3 nitrogen and oxygen atoms in total. The van der Waals surface area contributed by atoms with Gasteiger partial charge in [-0.05, 0) is 24.5 Å². The number of rotatable bonds is 2. The van der Waals surface area contributed by atoms with Gasteiger partial charge in [0.2, 0.25) is 0 Å². The molecule has 1 saturated carbocycles. The molecule has 0 amide bonds. The average Bonchev–Trinajstić information content (AvgIpc) is 2.93. The summed E-state index contributed by atoms with van der Waals surface area (Å²) in [7, 11) is -3.62. The van der Waals surface area contributed by atoms with E-state index in [0.717, 1.165) is 18.9 Å². The van der Waals surface area contributed by atoms with Gasteiger partial charge >= 0.3 is 0 Å². The van der Waals surface area contributed by atoms with Crippen LogP contribution < -0.4 is 5.32 Å². The fraction of sp³-hybridized carbons (Fsp3) is 0.455. The summed E-state index contributed by atoms with van der Waals surface area (Å²) in [6.07, 6.45) is 1.98. The molecule has 1 aliphatic heterocycles. The van der Waals surface area contributed by atoms with Crippen molar-refractivity contribution in [2.24, 2.45) is 0 Å². The summed E-state index contributed by atoms with van der Waals surface area (Å²) < 4.78 is 50.3. The Bertz CT molecular complexity index is 581. The quantitative estimate of drug-likeness (QED) is 0.820. The predicted molar refractivity (Wildman–Crippen MR) is 57.3 cm³/mol. The molecule has 1 fully saturated rings. The zero-order chi connectivity index (χ0) is 12.2. The lowest BCUT2D eigenvalue weighted by molar-refractivity contribution is 0.536. The van der Waals surface area contributed by atoms with Gasteiger partial charge in [0.1, 0.15) is 16.5 Å². The topological polar surface area (TPSA) is 46.2 Å². The van der Waals surface area contributed by atoms with E-state index in [2.05, 4.69) is 5.32 Å². The molecule has 2 aliphatic rings. The third kappa shape index (κ3) is 1.85. The first kappa shape index (κ1) is 11.1. The highest BCUT2D eigenvalue weighted by Crippen LogP contribution is 2.37. The first-order valence-corrected chi connectivity index (χ1v) is 7.10. The van der Waals surface area contributed by atoms with Crippen LogP contribution in [0.15, 0.2) is 17.0 Å². The van der Waals surface area contributed by atoms with E-state index in [-0.39, 0.29) is 22.3 Å².